The molecule has 5 atom stereocenters. The fraction of sp³-hybridized carbons (Fsp3) is 0.545. The van der Waals surface area contributed by atoms with Gasteiger partial charge in [-0.15, -0.1) is 0 Å². The van der Waals surface area contributed by atoms with Crippen LogP contribution in [0.1, 0.15) is 33.3 Å². The fourth-order valence-corrected chi connectivity index (χ4v) is 4.46. The maximum atomic E-state index is 12.8. The Morgan fingerprint density at radius 2 is 1.94 bits per heavy atom. The summed E-state index contributed by atoms with van der Waals surface area (Å²) in [6, 6.07) is 9.28. The summed E-state index contributed by atoms with van der Waals surface area (Å²) in [4.78, 5) is 12.8. The maximum absolute atomic E-state index is 12.8. The summed E-state index contributed by atoms with van der Waals surface area (Å²) >= 11 is 5.35. The molecule has 2 saturated heterocycles. The van der Waals surface area contributed by atoms with Gasteiger partial charge in [-0.1, -0.05) is 30.3 Å². The lowest BCUT2D eigenvalue weighted by Gasteiger charge is -2.36. The van der Waals surface area contributed by atoms with Crippen LogP contribution in [-0.2, 0) is 35.1 Å². The Labute approximate surface area is 187 Å². The Bertz CT molecular complexity index is 874. The largest absolute Gasteiger partial charge is 0.463 e. The second-order valence-electron chi connectivity index (χ2n) is 8.17. The number of thiocarbonyl (C=S) groups is 1. The molecule has 3 aliphatic rings. The highest BCUT2D eigenvalue weighted by atomic mass is 32.1. The van der Waals surface area contributed by atoms with Crippen LogP contribution in [0.25, 0.3) is 0 Å². The average Bonchev–Trinajstić information content (AvgIpc) is 3.18. The van der Waals surface area contributed by atoms with E-state index in [4.69, 9.17) is 35.9 Å². The van der Waals surface area contributed by atoms with E-state index < -0.39 is 42.4 Å². The zero-order valence-electron chi connectivity index (χ0n) is 18.0. The third kappa shape index (κ3) is 4.61. The van der Waals surface area contributed by atoms with Gasteiger partial charge >= 0.3 is 5.97 Å². The summed E-state index contributed by atoms with van der Waals surface area (Å²) in [5.41, 5.74) is 2.07. The van der Waals surface area contributed by atoms with Gasteiger partial charge in [-0.25, -0.2) is 4.79 Å². The van der Waals surface area contributed by atoms with Gasteiger partial charge < -0.3 is 34.3 Å². The molecule has 2 N–H and O–H groups in total. The van der Waals surface area contributed by atoms with Crippen molar-refractivity contribution in [2.45, 2.75) is 70.7 Å². The van der Waals surface area contributed by atoms with Crippen LogP contribution in [0.4, 0.5) is 0 Å². The first-order valence-electron chi connectivity index (χ1n) is 10.4. The number of rotatable bonds is 6. The van der Waals surface area contributed by atoms with E-state index in [0.29, 0.717) is 23.0 Å². The average molecular weight is 449 g/mol. The third-order valence-corrected chi connectivity index (χ3v) is 5.66. The molecule has 0 saturated carbocycles. The van der Waals surface area contributed by atoms with Crippen molar-refractivity contribution >= 4 is 23.3 Å². The van der Waals surface area contributed by atoms with Crippen LogP contribution in [0.2, 0.25) is 0 Å². The summed E-state index contributed by atoms with van der Waals surface area (Å²) in [5.74, 6) is -1.22. The van der Waals surface area contributed by atoms with Gasteiger partial charge in [0.15, 0.2) is 17.2 Å². The number of nitrogens with one attached hydrogen (secondary N) is 2. The van der Waals surface area contributed by atoms with Crippen LogP contribution >= 0.6 is 12.2 Å². The van der Waals surface area contributed by atoms with Crippen molar-refractivity contribution in [2.75, 3.05) is 6.61 Å². The Balaban J connectivity index is 1.63. The van der Waals surface area contributed by atoms with Crippen molar-refractivity contribution in [2.24, 2.45) is 0 Å². The summed E-state index contributed by atoms with van der Waals surface area (Å²) in [7, 11) is 0. The van der Waals surface area contributed by atoms with Crippen LogP contribution < -0.4 is 10.6 Å². The van der Waals surface area contributed by atoms with Gasteiger partial charge in [0.05, 0.1) is 24.8 Å². The molecule has 3 aliphatic heterocycles. The van der Waals surface area contributed by atoms with Crippen LogP contribution in [0.15, 0.2) is 41.6 Å². The predicted octanol–water partition coefficient (Wildman–Crippen LogP) is 2.13. The third-order valence-electron chi connectivity index (χ3n) is 5.44. The SMILES string of the molecule is CCOC(=O)C1=C(C)NC(=S)NC1[C@H]1O[C@@H]2OC(C)(C)O[C@@H]2[C@@H]1OCc1ccccc1. The molecule has 1 unspecified atom stereocenters. The van der Waals surface area contributed by atoms with Gasteiger partial charge in [0.25, 0.3) is 0 Å². The smallest absolute Gasteiger partial charge is 0.337 e. The van der Waals surface area contributed by atoms with E-state index in [-0.39, 0.29) is 6.61 Å². The van der Waals surface area contributed by atoms with Crippen molar-refractivity contribution in [1.29, 1.82) is 0 Å². The van der Waals surface area contributed by atoms with Gasteiger partial charge in [0, 0.05) is 5.70 Å². The zero-order chi connectivity index (χ0) is 22.2. The van der Waals surface area contributed by atoms with E-state index in [9.17, 15) is 4.79 Å². The second kappa shape index (κ2) is 8.84. The first-order chi connectivity index (χ1) is 14.8. The van der Waals surface area contributed by atoms with E-state index in [1.165, 1.54) is 0 Å². The zero-order valence-corrected chi connectivity index (χ0v) is 18.9. The lowest BCUT2D eigenvalue weighted by molar-refractivity contribution is -0.221. The Hall–Kier alpha value is -2.04. The number of benzene rings is 1. The van der Waals surface area contributed by atoms with Crippen molar-refractivity contribution < 1.29 is 28.5 Å². The first kappa shape index (κ1) is 22.2. The molecule has 8 nitrogen and oxygen atoms in total. The number of fused-ring (bicyclic) bond motifs is 1. The molecule has 0 aromatic heterocycles. The predicted molar refractivity (Wildman–Crippen MR) is 116 cm³/mol. The number of carbonyl (C=O) groups is 1. The van der Waals surface area contributed by atoms with Crippen molar-refractivity contribution in [3.8, 4) is 0 Å². The summed E-state index contributed by atoms with van der Waals surface area (Å²) in [6.07, 6.45) is -2.14. The molecule has 0 radical (unpaired) electrons. The van der Waals surface area contributed by atoms with Gasteiger partial charge in [0.2, 0.25) is 0 Å². The minimum Gasteiger partial charge on any atom is -0.463 e. The molecular weight excluding hydrogens is 420 g/mol. The molecule has 1 aromatic carbocycles. The van der Waals surface area contributed by atoms with Gasteiger partial charge in [-0.3, -0.25) is 0 Å². The van der Waals surface area contributed by atoms with Gasteiger partial charge in [0.1, 0.15) is 18.3 Å². The molecular formula is C22H28N2O6S. The maximum Gasteiger partial charge on any atom is 0.337 e. The summed E-state index contributed by atoms with van der Waals surface area (Å²) in [5, 5.41) is 6.56. The van der Waals surface area contributed by atoms with E-state index in [1.54, 1.807) is 13.8 Å². The molecule has 9 heteroatoms. The van der Waals surface area contributed by atoms with E-state index in [0.717, 1.165) is 5.56 Å². The van der Waals surface area contributed by atoms with E-state index in [1.807, 2.05) is 44.2 Å². The molecule has 0 spiro atoms. The Kier molecular flexibility index (Phi) is 6.32. The lowest BCUT2D eigenvalue weighted by Crippen LogP contribution is -2.58. The Morgan fingerprint density at radius 3 is 2.65 bits per heavy atom. The molecule has 4 rings (SSSR count). The molecule has 0 amide bonds. The minimum atomic E-state index is -0.790. The topological polar surface area (TPSA) is 87.3 Å². The standard InChI is InChI=1S/C22H28N2O6S/c1-5-26-19(25)14-12(2)23-21(31)24-15(14)16-17(27-11-13-9-7-6-8-10-13)18-20(28-16)30-22(3,4)29-18/h6-10,15-18,20H,5,11H2,1-4H3,(H2,23,24,31)/t15?,16-,17-,18-,20-/m1/s1. The van der Waals surface area contributed by atoms with Crippen LogP contribution in [0.3, 0.4) is 0 Å². The van der Waals surface area contributed by atoms with Gasteiger partial charge in [-0.05, 0) is 45.5 Å². The molecule has 0 bridgehead atoms. The fourth-order valence-electron chi connectivity index (χ4n) is 4.18. The molecule has 2 fully saturated rings. The molecule has 1 aromatic rings. The number of ether oxygens (including phenoxy) is 5. The quantitative estimate of drug-likeness (QED) is 0.502. The number of hydrogen-bond donors (Lipinski definition) is 2. The highest BCUT2D eigenvalue weighted by Crippen LogP contribution is 2.41. The number of esters is 1. The first-order valence-corrected chi connectivity index (χ1v) is 10.8. The van der Waals surface area contributed by atoms with Crippen molar-refractivity contribution in [3.05, 3.63) is 47.2 Å². The number of allylic oxidation sites excluding steroid dienone is 1. The molecule has 31 heavy (non-hydrogen) atoms. The second-order valence-corrected chi connectivity index (χ2v) is 8.57. The van der Waals surface area contributed by atoms with Crippen LogP contribution in [0.5, 0.6) is 0 Å². The lowest BCUT2D eigenvalue weighted by atomic mass is 9.93. The normalized spacial score (nSPS) is 31.7. The van der Waals surface area contributed by atoms with E-state index >= 15 is 0 Å². The van der Waals surface area contributed by atoms with Gasteiger partial charge in [-0.2, -0.15) is 0 Å². The van der Waals surface area contributed by atoms with E-state index in [2.05, 4.69) is 10.6 Å². The minimum absolute atomic E-state index is 0.262. The van der Waals surface area contributed by atoms with Crippen LogP contribution in [0, 0.1) is 0 Å². The summed E-state index contributed by atoms with van der Waals surface area (Å²) < 4.78 is 29.9. The number of carbonyl (C=O) groups excluding carboxylic acids is 1. The van der Waals surface area contributed by atoms with Crippen molar-refractivity contribution in [1.82, 2.24) is 10.6 Å². The number of hydrogen-bond acceptors (Lipinski definition) is 7. The highest BCUT2D eigenvalue weighted by molar-refractivity contribution is 7.80. The summed E-state index contributed by atoms with van der Waals surface area (Å²) in [6.45, 7) is 7.86. The molecule has 3 heterocycles. The highest BCUT2D eigenvalue weighted by Gasteiger charge is 2.58. The molecule has 0 aliphatic carbocycles. The monoisotopic (exact) mass is 448 g/mol. The molecule has 168 valence electrons. The van der Waals surface area contributed by atoms with Crippen LogP contribution in [-0.4, -0.2) is 54.1 Å². The Morgan fingerprint density at radius 1 is 1.19 bits per heavy atom. The van der Waals surface area contributed by atoms with Crippen molar-refractivity contribution in [3.63, 3.8) is 0 Å².